The minimum absolute atomic E-state index is 0.144. The van der Waals surface area contributed by atoms with Crippen LogP contribution >= 0.6 is 0 Å². The van der Waals surface area contributed by atoms with Gasteiger partial charge in [-0.2, -0.15) is 0 Å². The molecule has 1 N–H and O–H groups in total. The summed E-state index contributed by atoms with van der Waals surface area (Å²) in [5.41, 5.74) is 3.15. The summed E-state index contributed by atoms with van der Waals surface area (Å²) in [6.07, 6.45) is 6.77. The fraction of sp³-hybridized carbons (Fsp3) is 0. The quantitative estimate of drug-likeness (QED) is 0.649. The Hall–Kier alpha value is -3.56. The smallest absolute Gasteiger partial charge is 0.118 e. The van der Waals surface area contributed by atoms with Crippen LogP contribution in [0.1, 0.15) is 22.3 Å². The van der Waals surface area contributed by atoms with Crippen molar-refractivity contribution in [1.29, 1.82) is 0 Å². The highest BCUT2D eigenvalue weighted by atomic mass is 16.3. The minimum atomic E-state index is 0.144. The molecule has 0 radical (unpaired) electrons. The molecule has 2 heterocycles. The molecule has 0 bridgehead atoms. The van der Waals surface area contributed by atoms with Gasteiger partial charge in [-0.3, -0.25) is 9.97 Å². The number of benzene rings is 1. The van der Waals surface area contributed by atoms with Crippen LogP contribution < -0.4 is 0 Å². The lowest BCUT2D eigenvalue weighted by atomic mass is 10.1. The van der Waals surface area contributed by atoms with Crippen LogP contribution in [0.3, 0.4) is 0 Å². The highest BCUT2D eigenvalue weighted by molar-refractivity contribution is 5.52. The molecule has 0 spiro atoms. The summed E-state index contributed by atoms with van der Waals surface area (Å²) in [4.78, 5) is 7.90. The summed E-state index contributed by atoms with van der Waals surface area (Å²) in [6, 6.07) is 12.4. The van der Waals surface area contributed by atoms with E-state index >= 15 is 0 Å². The molecule has 0 amide bonds. The van der Waals surface area contributed by atoms with Gasteiger partial charge in [0.15, 0.2) is 0 Å². The molecule has 0 aliphatic rings. The van der Waals surface area contributed by atoms with Gasteiger partial charge >= 0.3 is 0 Å². The number of hydrogen-bond donors (Lipinski definition) is 1. The van der Waals surface area contributed by atoms with Gasteiger partial charge in [0.25, 0.3) is 0 Å². The lowest BCUT2D eigenvalue weighted by Gasteiger charge is -1.96. The molecule has 3 aromatic rings. The SMILES string of the molecule is Oc1cc(C#Cc2ccncc2)cc(C#Cc2ccncc2)c1. The molecule has 108 valence electrons. The molecule has 0 saturated heterocycles. The van der Waals surface area contributed by atoms with Crippen LogP contribution in [0, 0.1) is 23.7 Å². The highest BCUT2D eigenvalue weighted by Gasteiger charge is 1.96. The van der Waals surface area contributed by atoms with Crippen LogP contribution in [-0.4, -0.2) is 15.1 Å². The third-order valence-corrected chi connectivity index (χ3v) is 2.98. The molecule has 1 aromatic carbocycles. The Morgan fingerprint density at radius 3 is 1.39 bits per heavy atom. The van der Waals surface area contributed by atoms with Crippen molar-refractivity contribution in [3.8, 4) is 29.4 Å². The van der Waals surface area contributed by atoms with Crippen LogP contribution in [0.15, 0.2) is 67.3 Å². The van der Waals surface area contributed by atoms with Gasteiger partial charge in [0.05, 0.1) is 0 Å². The maximum absolute atomic E-state index is 9.83. The second-order valence-electron chi connectivity index (χ2n) is 4.74. The predicted molar refractivity (Wildman–Crippen MR) is 88.5 cm³/mol. The predicted octanol–water partition coefficient (Wildman–Crippen LogP) is 2.98. The number of nitrogens with zero attached hydrogens (tertiary/aromatic N) is 2. The van der Waals surface area contributed by atoms with Gasteiger partial charge in [-0.15, -0.1) is 0 Å². The molecule has 0 atom stereocenters. The number of rotatable bonds is 0. The van der Waals surface area contributed by atoms with Crippen molar-refractivity contribution in [2.24, 2.45) is 0 Å². The van der Waals surface area contributed by atoms with Crippen molar-refractivity contribution in [3.05, 3.63) is 89.5 Å². The summed E-state index contributed by atoms with van der Waals surface area (Å²) in [6.45, 7) is 0. The monoisotopic (exact) mass is 296 g/mol. The largest absolute Gasteiger partial charge is 0.508 e. The molecule has 23 heavy (non-hydrogen) atoms. The molecule has 0 saturated carbocycles. The highest BCUT2D eigenvalue weighted by Crippen LogP contribution is 2.14. The molecule has 0 aliphatic heterocycles. The Kier molecular flexibility index (Phi) is 4.34. The first-order chi connectivity index (χ1) is 11.3. The fourth-order valence-corrected chi connectivity index (χ4v) is 1.91. The third kappa shape index (κ3) is 4.20. The van der Waals surface area contributed by atoms with Crippen LogP contribution in [-0.2, 0) is 0 Å². The van der Waals surface area contributed by atoms with E-state index in [0.717, 1.165) is 11.1 Å². The summed E-state index contributed by atoms with van der Waals surface area (Å²) in [5.74, 6) is 12.3. The second kappa shape index (κ2) is 6.93. The second-order valence-corrected chi connectivity index (χ2v) is 4.74. The Balaban J connectivity index is 1.89. The lowest BCUT2D eigenvalue weighted by molar-refractivity contribution is 0.475. The van der Waals surface area contributed by atoms with Crippen molar-refractivity contribution in [2.75, 3.05) is 0 Å². The van der Waals surface area contributed by atoms with E-state index in [2.05, 4.69) is 33.6 Å². The van der Waals surface area contributed by atoms with Crippen molar-refractivity contribution in [2.45, 2.75) is 0 Å². The van der Waals surface area contributed by atoms with E-state index in [4.69, 9.17) is 0 Å². The van der Waals surface area contributed by atoms with E-state index in [-0.39, 0.29) is 5.75 Å². The van der Waals surface area contributed by atoms with Crippen molar-refractivity contribution in [1.82, 2.24) is 9.97 Å². The van der Waals surface area contributed by atoms with Crippen LogP contribution in [0.2, 0.25) is 0 Å². The average molecular weight is 296 g/mol. The van der Waals surface area contributed by atoms with Gasteiger partial charge in [-0.1, -0.05) is 23.7 Å². The molecule has 0 aliphatic carbocycles. The number of phenolic OH excluding ortho intramolecular Hbond substituents is 1. The average Bonchev–Trinajstić information content (AvgIpc) is 2.60. The van der Waals surface area contributed by atoms with E-state index in [0.29, 0.717) is 11.1 Å². The van der Waals surface area contributed by atoms with Crippen molar-refractivity contribution >= 4 is 0 Å². The zero-order valence-electron chi connectivity index (χ0n) is 12.2. The van der Waals surface area contributed by atoms with E-state index in [9.17, 15) is 5.11 Å². The Labute approximate surface area is 134 Å². The number of aromatic hydroxyl groups is 1. The topological polar surface area (TPSA) is 46.0 Å². The molecular formula is C20H12N2O. The van der Waals surface area contributed by atoms with Gasteiger partial charge in [0, 0.05) is 47.0 Å². The first kappa shape index (κ1) is 14.4. The van der Waals surface area contributed by atoms with E-state index in [1.54, 1.807) is 36.9 Å². The third-order valence-electron chi connectivity index (χ3n) is 2.98. The van der Waals surface area contributed by atoms with Crippen molar-refractivity contribution in [3.63, 3.8) is 0 Å². The maximum atomic E-state index is 9.83. The summed E-state index contributed by atoms with van der Waals surface area (Å²) < 4.78 is 0. The van der Waals surface area contributed by atoms with E-state index < -0.39 is 0 Å². The zero-order valence-corrected chi connectivity index (χ0v) is 12.2. The molecule has 3 nitrogen and oxygen atoms in total. The fourth-order valence-electron chi connectivity index (χ4n) is 1.91. The molecule has 2 aromatic heterocycles. The lowest BCUT2D eigenvalue weighted by Crippen LogP contribution is -1.81. The maximum Gasteiger partial charge on any atom is 0.118 e. The van der Waals surface area contributed by atoms with Gasteiger partial charge in [-0.25, -0.2) is 0 Å². The molecular weight excluding hydrogens is 284 g/mol. The van der Waals surface area contributed by atoms with E-state index in [1.807, 2.05) is 30.3 Å². The number of pyridine rings is 2. The standard InChI is InChI=1S/C20H12N2O/c23-20-14-18(3-1-16-5-9-21-10-6-16)13-19(15-20)4-2-17-7-11-22-12-8-17/h5-15,23H. The molecule has 3 heteroatoms. The van der Waals surface area contributed by atoms with Crippen molar-refractivity contribution < 1.29 is 5.11 Å². The Morgan fingerprint density at radius 1 is 0.565 bits per heavy atom. The first-order valence-corrected chi connectivity index (χ1v) is 6.98. The zero-order chi connectivity index (χ0) is 15.9. The van der Waals surface area contributed by atoms with Crippen LogP contribution in [0.25, 0.3) is 0 Å². The number of aromatic nitrogens is 2. The van der Waals surface area contributed by atoms with Crippen LogP contribution in [0.4, 0.5) is 0 Å². The Bertz CT molecular complexity index is 852. The summed E-state index contributed by atoms with van der Waals surface area (Å²) in [7, 11) is 0. The normalized spacial score (nSPS) is 9.22. The van der Waals surface area contributed by atoms with Gasteiger partial charge < -0.3 is 5.11 Å². The number of phenols is 1. The minimum Gasteiger partial charge on any atom is -0.508 e. The Morgan fingerprint density at radius 2 is 0.957 bits per heavy atom. The van der Waals surface area contributed by atoms with Gasteiger partial charge in [0.1, 0.15) is 5.75 Å². The molecule has 0 fully saturated rings. The van der Waals surface area contributed by atoms with Gasteiger partial charge in [-0.05, 0) is 42.5 Å². The number of hydrogen-bond acceptors (Lipinski definition) is 3. The molecule has 3 rings (SSSR count). The van der Waals surface area contributed by atoms with E-state index in [1.165, 1.54) is 0 Å². The first-order valence-electron chi connectivity index (χ1n) is 6.98. The summed E-state index contributed by atoms with van der Waals surface area (Å²) >= 11 is 0. The van der Waals surface area contributed by atoms with Crippen LogP contribution in [0.5, 0.6) is 5.75 Å². The molecule has 0 unspecified atom stereocenters. The summed E-state index contributed by atoms with van der Waals surface area (Å²) in [5, 5.41) is 9.83. The van der Waals surface area contributed by atoms with Gasteiger partial charge in [0.2, 0.25) is 0 Å².